The number of amides is 3. The normalized spacial score (nSPS) is 13.2. The van der Waals surface area contributed by atoms with E-state index in [1.54, 1.807) is 45.0 Å². The third-order valence-corrected chi connectivity index (χ3v) is 5.90. The highest BCUT2D eigenvalue weighted by atomic mass is 16.6. The second kappa shape index (κ2) is 16.9. The molecule has 0 spiro atoms. The third-order valence-electron chi connectivity index (χ3n) is 5.90. The SMILES string of the molecule is CC(C)C[C@H](NC(=O)[C@H](CC(=O)OCc1ccccc1)NC(=O)[C@H](C)NC(=O)OC(C)(C)C)C(=O)OCc1ccccc1. The summed E-state index contributed by atoms with van der Waals surface area (Å²) in [4.78, 5) is 64.3. The molecule has 11 nitrogen and oxygen atoms in total. The zero-order valence-electron chi connectivity index (χ0n) is 25.7. The predicted molar refractivity (Wildman–Crippen MR) is 159 cm³/mol. The van der Waals surface area contributed by atoms with Crippen LogP contribution in [0.25, 0.3) is 0 Å². The molecule has 0 aliphatic rings. The molecule has 11 heteroatoms. The summed E-state index contributed by atoms with van der Waals surface area (Å²) < 4.78 is 16.0. The minimum atomic E-state index is -1.41. The van der Waals surface area contributed by atoms with E-state index in [4.69, 9.17) is 14.2 Å². The van der Waals surface area contributed by atoms with E-state index in [1.165, 1.54) is 6.92 Å². The minimum Gasteiger partial charge on any atom is -0.461 e. The van der Waals surface area contributed by atoms with E-state index in [1.807, 2.05) is 50.2 Å². The van der Waals surface area contributed by atoms with Crippen molar-refractivity contribution in [2.24, 2.45) is 5.92 Å². The Balaban J connectivity index is 2.14. The molecule has 0 aliphatic carbocycles. The Morgan fingerprint density at radius 1 is 0.698 bits per heavy atom. The molecule has 0 unspecified atom stereocenters. The van der Waals surface area contributed by atoms with E-state index in [0.717, 1.165) is 11.1 Å². The van der Waals surface area contributed by atoms with Crippen LogP contribution in [0.2, 0.25) is 0 Å². The lowest BCUT2D eigenvalue weighted by atomic mass is 10.0. The molecule has 0 fully saturated rings. The molecule has 3 atom stereocenters. The van der Waals surface area contributed by atoms with Crippen molar-refractivity contribution in [2.75, 3.05) is 0 Å². The van der Waals surface area contributed by atoms with Crippen LogP contribution in [0.1, 0.15) is 65.5 Å². The predicted octanol–water partition coefficient (Wildman–Crippen LogP) is 3.79. The zero-order chi connectivity index (χ0) is 32.0. The summed E-state index contributed by atoms with van der Waals surface area (Å²) in [5, 5.41) is 7.53. The van der Waals surface area contributed by atoms with Gasteiger partial charge in [0, 0.05) is 0 Å². The van der Waals surface area contributed by atoms with Crippen molar-refractivity contribution in [3.05, 3.63) is 71.8 Å². The number of hydrogen-bond donors (Lipinski definition) is 3. The molecule has 2 aromatic rings. The van der Waals surface area contributed by atoms with Crippen molar-refractivity contribution in [2.45, 2.75) is 91.3 Å². The van der Waals surface area contributed by atoms with Crippen molar-refractivity contribution in [1.29, 1.82) is 0 Å². The standard InChI is InChI=1S/C32H43N3O8/c1-21(2)17-26(30(39)42-20-24-15-11-8-12-16-24)35-29(38)25(18-27(36)41-19-23-13-9-7-10-14-23)34-28(37)22(3)33-31(40)43-32(4,5)6/h7-16,21-22,25-26H,17-20H2,1-6H3,(H,33,40)(H,34,37)(H,35,38)/t22-,25-,26-/m0/s1. The van der Waals surface area contributed by atoms with Gasteiger partial charge in [-0.2, -0.15) is 0 Å². The van der Waals surface area contributed by atoms with Gasteiger partial charge in [0.05, 0.1) is 6.42 Å². The number of carbonyl (C=O) groups is 5. The fourth-order valence-corrected chi connectivity index (χ4v) is 3.81. The number of ether oxygens (including phenoxy) is 3. The first-order valence-electron chi connectivity index (χ1n) is 14.2. The van der Waals surface area contributed by atoms with Crippen LogP contribution in [0, 0.1) is 5.92 Å². The highest BCUT2D eigenvalue weighted by Gasteiger charge is 2.32. The molecule has 43 heavy (non-hydrogen) atoms. The van der Waals surface area contributed by atoms with E-state index < -0.39 is 60.0 Å². The van der Waals surface area contributed by atoms with Gasteiger partial charge in [0.2, 0.25) is 11.8 Å². The van der Waals surface area contributed by atoms with Gasteiger partial charge in [-0.3, -0.25) is 14.4 Å². The molecule has 0 aromatic heterocycles. The van der Waals surface area contributed by atoms with E-state index in [9.17, 15) is 24.0 Å². The highest BCUT2D eigenvalue weighted by molar-refractivity contribution is 5.95. The Labute approximate surface area is 253 Å². The highest BCUT2D eigenvalue weighted by Crippen LogP contribution is 2.11. The summed E-state index contributed by atoms with van der Waals surface area (Å²) in [7, 11) is 0. The van der Waals surface area contributed by atoms with Crippen molar-refractivity contribution in [3.8, 4) is 0 Å². The molecule has 2 aromatic carbocycles. The van der Waals surface area contributed by atoms with Crippen LogP contribution in [0.5, 0.6) is 0 Å². The molecule has 2 rings (SSSR count). The molecular formula is C32H43N3O8. The number of rotatable bonds is 14. The van der Waals surface area contributed by atoms with Crippen molar-refractivity contribution >= 4 is 29.8 Å². The first kappa shape index (κ1) is 34.8. The Hall–Kier alpha value is -4.41. The van der Waals surface area contributed by atoms with Crippen LogP contribution in [0.4, 0.5) is 4.79 Å². The van der Waals surface area contributed by atoms with Gasteiger partial charge in [0.1, 0.15) is 36.9 Å². The number of esters is 2. The van der Waals surface area contributed by atoms with Crippen LogP contribution in [0.3, 0.4) is 0 Å². The fourth-order valence-electron chi connectivity index (χ4n) is 3.81. The maximum atomic E-state index is 13.4. The summed E-state index contributed by atoms with van der Waals surface area (Å²) in [6.45, 7) is 10.2. The van der Waals surface area contributed by atoms with Gasteiger partial charge < -0.3 is 30.2 Å². The molecule has 0 saturated carbocycles. The molecule has 234 valence electrons. The molecule has 0 saturated heterocycles. The van der Waals surface area contributed by atoms with Crippen LogP contribution >= 0.6 is 0 Å². The lowest BCUT2D eigenvalue weighted by Crippen LogP contribution is -2.56. The minimum absolute atomic E-state index is 0.0107. The summed E-state index contributed by atoms with van der Waals surface area (Å²) in [5.41, 5.74) is 0.739. The van der Waals surface area contributed by atoms with Gasteiger partial charge in [0.25, 0.3) is 0 Å². The van der Waals surface area contributed by atoms with Gasteiger partial charge in [-0.05, 0) is 51.2 Å². The molecule has 0 heterocycles. The lowest BCUT2D eigenvalue weighted by molar-refractivity contribution is -0.150. The van der Waals surface area contributed by atoms with Crippen LogP contribution < -0.4 is 16.0 Å². The van der Waals surface area contributed by atoms with E-state index in [2.05, 4.69) is 16.0 Å². The summed E-state index contributed by atoms with van der Waals surface area (Å²) >= 11 is 0. The Kier molecular flexibility index (Phi) is 13.7. The van der Waals surface area contributed by atoms with Crippen LogP contribution in [-0.4, -0.2) is 53.6 Å². The van der Waals surface area contributed by atoms with Gasteiger partial charge in [-0.25, -0.2) is 9.59 Å². The van der Waals surface area contributed by atoms with Gasteiger partial charge in [-0.1, -0.05) is 74.5 Å². The van der Waals surface area contributed by atoms with Crippen molar-refractivity contribution < 1.29 is 38.2 Å². The molecule has 3 amide bonds. The average Bonchev–Trinajstić information content (AvgIpc) is 2.93. The largest absolute Gasteiger partial charge is 0.461 e. The molecule has 0 aliphatic heterocycles. The monoisotopic (exact) mass is 597 g/mol. The number of carbonyl (C=O) groups excluding carboxylic acids is 5. The molecule has 3 N–H and O–H groups in total. The molecule has 0 radical (unpaired) electrons. The summed E-state index contributed by atoms with van der Waals surface area (Å²) in [6, 6.07) is 14.5. The molecular weight excluding hydrogens is 554 g/mol. The average molecular weight is 598 g/mol. The summed E-state index contributed by atoms with van der Waals surface area (Å²) in [5.74, 6) is -2.91. The maximum absolute atomic E-state index is 13.4. The van der Waals surface area contributed by atoms with Gasteiger partial charge >= 0.3 is 18.0 Å². The Morgan fingerprint density at radius 3 is 1.72 bits per heavy atom. The number of benzene rings is 2. The van der Waals surface area contributed by atoms with Crippen LogP contribution in [0.15, 0.2) is 60.7 Å². The van der Waals surface area contributed by atoms with E-state index in [0.29, 0.717) is 0 Å². The first-order valence-corrected chi connectivity index (χ1v) is 14.2. The van der Waals surface area contributed by atoms with Gasteiger partial charge in [0.15, 0.2) is 0 Å². The quantitative estimate of drug-likeness (QED) is 0.220. The topological polar surface area (TPSA) is 149 Å². The summed E-state index contributed by atoms with van der Waals surface area (Å²) in [6.07, 6.45) is -1.08. The van der Waals surface area contributed by atoms with Crippen molar-refractivity contribution in [3.63, 3.8) is 0 Å². The Bertz CT molecular complexity index is 1210. The second-order valence-corrected chi connectivity index (χ2v) is 11.6. The number of hydrogen-bond acceptors (Lipinski definition) is 8. The van der Waals surface area contributed by atoms with Gasteiger partial charge in [-0.15, -0.1) is 0 Å². The first-order chi connectivity index (χ1) is 20.2. The Morgan fingerprint density at radius 2 is 1.21 bits per heavy atom. The number of nitrogens with one attached hydrogen (secondary N) is 3. The smallest absolute Gasteiger partial charge is 0.408 e. The van der Waals surface area contributed by atoms with Crippen LogP contribution in [-0.2, 0) is 46.6 Å². The number of alkyl carbamates (subject to hydrolysis) is 1. The second-order valence-electron chi connectivity index (χ2n) is 11.6. The maximum Gasteiger partial charge on any atom is 0.408 e. The third kappa shape index (κ3) is 13.9. The lowest BCUT2D eigenvalue weighted by Gasteiger charge is -2.25. The zero-order valence-corrected chi connectivity index (χ0v) is 25.7. The van der Waals surface area contributed by atoms with E-state index in [-0.39, 0.29) is 25.6 Å². The van der Waals surface area contributed by atoms with Crippen molar-refractivity contribution in [1.82, 2.24) is 16.0 Å². The molecule has 0 bridgehead atoms. The fraction of sp³-hybridized carbons (Fsp3) is 0.469. The van der Waals surface area contributed by atoms with E-state index >= 15 is 0 Å².